The summed E-state index contributed by atoms with van der Waals surface area (Å²) < 4.78 is 15.3. The van der Waals surface area contributed by atoms with Crippen LogP contribution in [-0.2, 0) is 12.3 Å². The summed E-state index contributed by atoms with van der Waals surface area (Å²) in [4.78, 5) is 11.4. The number of aromatic nitrogens is 3. The van der Waals surface area contributed by atoms with Crippen LogP contribution in [-0.4, -0.2) is 14.8 Å². The molecule has 0 saturated heterocycles. The second kappa shape index (κ2) is 5.71. The standard InChI is InChI=1S/C11H11BrFN3OS/c1-2-16-10(17)14-15-11(16)18-6-7-4-3-5-8(13)9(7)12/h3-5H,2,6H2,1H3,(H,14,17). The van der Waals surface area contributed by atoms with Gasteiger partial charge in [0, 0.05) is 12.3 Å². The molecule has 1 heterocycles. The molecule has 7 heteroatoms. The van der Waals surface area contributed by atoms with Crippen LogP contribution in [0.15, 0.2) is 32.6 Å². The van der Waals surface area contributed by atoms with Gasteiger partial charge in [-0.05, 0) is 34.5 Å². The molecule has 0 unspecified atom stereocenters. The largest absolute Gasteiger partial charge is 0.343 e. The molecule has 18 heavy (non-hydrogen) atoms. The highest BCUT2D eigenvalue weighted by atomic mass is 79.9. The van der Waals surface area contributed by atoms with E-state index in [1.54, 1.807) is 6.07 Å². The quantitative estimate of drug-likeness (QED) is 0.876. The van der Waals surface area contributed by atoms with Crippen molar-refractivity contribution in [1.29, 1.82) is 0 Å². The van der Waals surface area contributed by atoms with Gasteiger partial charge in [0.05, 0.1) is 4.47 Å². The highest BCUT2D eigenvalue weighted by Crippen LogP contribution is 2.27. The molecule has 0 atom stereocenters. The number of H-pyrrole nitrogens is 1. The fourth-order valence-electron chi connectivity index (χ4n) is 1.49. The topological polar surface area (TPSA) is 50.7 Å². The average molecular weight is 332 g/mol. The van der Waals surface area contributed by atoms with E-state index in [9.17, 15) is 9.18 Å². The molecule has 0 aliphatic carbocycles. The second-order valence-electron chi connectivity index (χ2n) is 3.56. The first-order valence-corrected chi connectivity index (χ1v) is 7.12. The minimum absolute atomic E-state index is 0.224. The van der Waals surface area contributed by atoms with E-state index in [1.807, 2.05) is 13.0 Å². The van der Waals surface area contributed by atoms with Gasteiger partial charge >= 0.3 is 5.69 Å². The molecule has 1 aromatic heterocycles. The number of benzene rings is 1. The van der Waals surface area contributed by atoms with Crippen molar-refractivity contribution in [3.05, 3.63) is 44.5 Å². The van der Waals surface area contributed by atoms with Crippen LogP contribution in [0.25, 0.3) is 0 Å². The van der Waals surface area contributed by atoms with Crippen molar-refractivity contribution < 1.29 is 4.39 Å². The van der Waals surface area contributed by atoms with Crippen LogP contribution in [0.1, 0.15) is 12.5 Å². The zero-order chi connectivity index (χ0) is 13.1. The van der Waals surface area contributed by atoms with Crippen molar-refractivity contribution in [3.63, 3.8) is 0 Å². The molecule has 2 rings (SSSR count). The zero-order valence-electron chi connectivity index (χ0n) is 9.61. The smallest absolute Gasteiger partial charge is 0.270 e. The van der Waals surface area contributed by atoms with Crippen LogP contribution >= 0.6 is 27.7 Å². The lowest BCUT2D eigenvalue weighted by atomic mass is 10.2. The van der Waals surface area contributed by atoms with Gasteiger partial charge in [0.1, 0.15) is 5.82 Å². The van der Waals surface area contributed by atoms with Gasteiger partial charge in [0.25, 0.3) is 0 Å². The normalized spacial score (nSPS) is 10.8. The minimum atomic E-state index is -0.289. The minimum Gasteiger partial charge on any atom is -0.270 e. The summed E-state index contributed by atoms with van der Waals surface area (Å²) in [5.74, 6) is 0.255. The molecule has 0 aliphatic rings. The van der Waals surface area contributed by atoms with Crippen molar-refractivity contribution in [2.75, 3.05) is 0 Å². The summed E-state index contributed by atoms with van der Waals surface area (Å²) in [5, 5.41) is 6.94. The Morgan fingerprint density at radius 1 is 1.56 bits per heavy atom. The number of aromatic amines is 1. The Kier molecular flexibility index (Phi) is 4.23. The molecule has 1 aromatic carbocycles. The summed E-state index contributed by atoms with van der Waals surface area (Å²) in [7, 11) is 0. The van der Waals surface area contributed by atoms with E-state index in [2.05, 4.69) is 26.1 Å². The SMILES string of the molecule is CCn1c(SCc2cccc(F)c2Br)n[nH]c1=O. The molecule has 0 saturated carbocycles. The van der Waals surface area contributed by atoms with Crippen LogP contribution < -0.4 is 5.69 Å². The Morgan fingerprint density at radius 2 is 2.33 bits per heavy atom. The number of halogens is 2. The lowest BCUT2D eigenvalue weighted by Crippen LogP contribution is -2.16. The maximum atomic E-state index is 13.3. The molecular weight excluding hydrogens is 321 g/mol. The van der Waals surface area contributed by atoms with Crippen LogP contribution in [0, 0.1) is 5.82 Å². The molecule has 2 aromatic rings. The number of thioether (sulfide) groups is 1. The van der Waals surface area contributed by atoms with Crippen molar-refractivity contribution in [2.24, 2.45) is 0 Å². The first-order chi connectivity index (χ1) is 8.63. The average Bonchev–Trinajstić information content (AvgIpc) is 2.72. The van der Waals surface area contributed by atoms with E-state index in [0.717, 1.165) is 5.56 Å². The molecule has 0 bridgehead atoms. The highest BCUT2D eigenvalue weighted by molar-refractivity contribution is 9.10. The number of hydrogen-bond acceptors (Lipinski definition) is 3. The third-order valence-electron chi connectivity index (χ3n) is 2.43. The molecule has 1 N–H and O–H groups in total. The molecule has 4 nitrogen and oxygen atoms in total. The Hall–Kier alpha value is -1.08. The molecule has 96 valence electrons. The van der Waals surface area contributed by atoms with Gasteiger partial charge in [-0.3, -0.25) is 4.57 Å². The van der Waals surface area contributed by atoms with E-state index in [4.69, 9.17) is 0 Å². The van der Waals surface area contributed by atoms with Gasteiger partial charge in [0.2, 0.25) is 0 Å². The maximum Gasteiger partial charge on any atom is 0.343 e. The van der Waals surface area contributed by atoms with Crippen molar-refractivity contribution in [1.82, 2.24) is 14.8 Å². The van der Waals surface area contributed by atoms with Crippen LogP contribution in [0.4, 0.5) is 4.39 Å². The van der Waals surface area contributed by atoms with Gasteiger partial charge in [-0.2, -0.15) is 0 Å². The summed E-state index contributed by atoms with van der Waals surface area (Å²) in [5.41, 5.74) is 0.608. The van der Waals surface area contributed by atoms with Crippen molar-refractivity contribution in [2.45, 2.75) is 24.4 Å². The highest BCUT2D eigenvalue weighted by Gasteiger charge is 2.10. The number of nitrogens with zero attached hydrogens (tertiary/aromatic N) is 2. The Labute approximate surface area is 116 Å². The first kappa shape index (κ1) is 13.4. The summed E-state index contributed by atoms with van der Waals surface area (Å²) in [6.45, 7) is 2.43. The maximum absolute atomic E-state index is 13.3. The molecule has 0 fully saturated rings. The Morgan fingerprint density at radius 3 is 3.06 bits per heavy atom. The van der Waals surface area contributed by atoms with Crippen molar-refractivity contribution >= 4 is 27.7 Å². The Balaban J connectivity index is 2.16. The molecule has 0 aliphatic heterocycles. The van der Waals surface area contributed by atoms with Gasteiger partial charge in [-0.1, -0.05) is 23.9 Å². The predicted molar refractivity (Wildman–Crippen MR) is 72.2 cm³/mol. The van der Waals surface area contributed by atoms with E-state index >= 15 is 0 Å². The Bertz CT molecular complexity index is 611. The third kappa shape index (κ3) is 2.67. The summed E-state index contributed by atoms with van der Waals surface area (Å²) >= 11 is 4.60. The number of hydrogen-bond donors (Lipinski definition) is 1. The fourth-order valence-corrected chi connectivity index (χ4v) is 3.09. The van der Waals surface area contributed by atoms with E-state index in [0.29, 0.717) is 21.9 Å². The zero-order valence-corrected chi connectivity index (χ0v) is 12.0. The van der Waals surface area contributed by atoms with Gasteiger partial charge in [-0.25, -0.2) is 14.3 Å². The number of nitrogens with one attached hydrogen (secondary N) is 1. The van der Waals surface area contributed by atoms with Crippen LogP contribution in [0.3, 0.4) is 0 Å². The van der Waals surface area contributed by atoms with Gasteiger partial charge in [0.15, 0.2) is 5.16 Å². The second-order valence-corrected chi connectivity index (χ2v) is 5.29. The van der Waals surface area contributed by atoms with Gasteiger partial charge in [-0.15, -0.1) is 5.10 Å². The molecular formula is C11H11BrFN3OS. The third-order valence-corrected chi connectivity index (χ3v) is 4.34. The summed E-state index contributed by atoms with van der Waals surface area (Å²) in [6, 6.07) is 4.89. The lowest BCUT2D eigenvalue weighted by Gasteiger charge is -2.05. The predicted octanol–water partition coefficient (Wildman–Crippen LogP) is 2.79. The molecule has 0 radical (unpaired) electrons. The van der Waals surface area contributed by atoms with Crippen LogP contribution in [0.2, 0.25) is 0 Å². The lowest BCUT2D eigenvalue weighted by molar-refractivity contribution is 0.619. The van der Waals surface area contributed by atoms with E-state index in [-0.39, 0.29) is 11.5 Å². The number of rotatable bonds is 4. The van der Waals surface area contributed by atoms with Gasteiger partial charge < -0.3 is 0 Å². The van der Waals surface area contributed by atoms with E-state index in [1.165, 1.54) is 22.4 Å². The first-order valence-electron chi connectivity index (χ1n) is 5.34. The van der Waals surface area contributed by atoms with E-state index < -0.39 is 0 Å². The van der Waals surface area contributed by atoms with Crippen molar-refractivity contribution in [3.8, 4) is 0 Å². The summed E-state index contributed by atoms with van der Waals surface area (Å²) in [6.07, 6.45) is 0. The van der Waals surface area contributed by atoms with Crippen LogP contribution in [0.5, 0.6) is 0 Å². The fraction of sp³-hybridized carbons (Fsp3) is 0.273. The molecule has 0 amide bonds. The monoisotopic (exact) mass is 331 g/mol. The molecule has 0 spiro atoms.